The molecule has 8 heteroatoms. The van der Waals surface area contributed by atoms with Crippen LogP contribution in [-0.2, 0) is 19.9 Å². The van der Waals surface area contributed by atoms with Gasteiger partial charge in [-0.1, -0.05) is 12.1 Å². The smallest absolute Gasteiger partial charge is 0.244 e. The minimum absolute atomic E-state index is 0.0443. The van der Waals surface area contributed by atoms with Gasteiger partial charge in [-0.05, 0) is 31.4 Å². The molecule has 0 aliphatic carbocycles. The molecule has 1 aromatic carbocycles. The number of hydrogen-bond donors (Lipinski definition) is 1. The van der Waals surface area contributed by atoms with Gasteiger partial charge in [-0.2, -0.15) is 0 Å². The summed E-state index contributed by atoms with van der Waals surface area (Å²) in [5, 5.41) is 0. The Bertz CT molecular complexity index is 697. The second-order valence-corrected chi connectivity index (χ2v) is 8.96. The van der Waals surface area contributed by atoms with E-state index in [1.54, 1.807) is 25.1 Å². The minimum Gasteiger partial charge on any atom is -0.492 e. The van der Waals surface area contributed by atoms with Crippen LogP contribution in [0.2, 0.25) is 0 Å². The summed E-state index contributed by atoms with van der Waals surface area (Å²) in [5.74, 6) is 0.313. The maximum atomic E-state index is 12.3. The lowest BCUT2D eigenvalue weighted by Gasteiger charge is -2.13. The SMILES string of the molecule is CCOc1ccccc1S(=O)(=O)NC[C@@H]1CCS(=O)(=O)C1. The lowest BCUT2D eigenvalue weighted by molar-refractivity contribution is 0.331. The fourth-order valence-corrected chi connectivity index (χ4v) is 5.41. The summed E-state index contributed by atoms with van der Waals surface area (Å²) >= 11 is 0. The van der Waals surface area contributed by atoms with Crippen molar-refractivity contribution in [3.63, 3.8) is 0 Å². The van der Waals surface area contributed by atoms with Gasteiger partial charge in [0.2, 0.25) is 10.0 Å². The van der Waals surface area contributed by atoms with Crippen molar-refractivity contribution in [3.8, 4) is 5.75 Å². The van der Waals surface area contributed by atoms with Gasteiger partial charge < -0.3 is 4.74 Å². The lowest BCUT2D eigenvalue weighted by Crippen LogP contribution is -2.30. The maximum Gasteiger partial charge on any atom is 0.244 e. The van der Waals surface area contributed by atoms with Crippen molar-refractivity contribution in [2.45, 2.75) is 18.2 Å². The molecule has 0 saturated carbocycles. The molecule has 1 fully saturated rings. The van der Waals surface area contributed by atoms with Crippen LogP contribution in [0.3, 0.4) is 0 Å². The Morgan fingerprint density at radius 3 is 2.67 bits per heavy atom. The van der Waals surface area contributed by atoms with Crippen LogP contribution < -0.4 is 9.46 Å². The zero-order valence-corrected chi connectivity index (χ0v) is 13.4. The number of para-hydroxylation sites is 1. The lowest BCUT2D eigenvalue weighted by atomic mass is 10.1. The van der Waals surface area contributed by atoms with Crippen LogP contribution in [0.15, 0.2) is 29.2 Å². The first kappa shape index (κ1) is 16.3. The van der Waals surface area contributed by atoms with E-state index in [4.69, 9.17) is 4.74 Å². The summed E-state index contributed by atoms with van der Waals surface area (Å²) in [6.07, 6.45) is 0.498. The second-order valence-electron chi connectivity index (χ2n) is 5.00. The van der Waals surface area contributed by atoms with Crippen LogP contribution >= 0.6 is 0 Å². The number of nitrogens with one attached hydrogen (secondary N) is 1. The number of sulfonamides is 1. The van der Waals surface area contributed by atoms with Gasteiger partial charge >= 0.3 is 0 Å². The molecule has 6 nitrogen and oxygen atoms in total. The maximum absolute atomic E-state index is 12.3. The number of hydrogen-bond acceptors (Lipinski definition) is 5. The molecule has 0 unspecified atom stereocenters. The van der Waals surface area contributed by atoms with Crippen LogP contribution in [0.1, 0.15) is 13.3 Å². The molecular weight excluding hydrogens is 314 g/mol. The third kappa shape index (κ3) is 4.18. The van der Waals surface area contributed by atoms with Crippen LogP contribution in [0.4, 0.5) is 0 Å². The average Bonchev–Trinajstić information content (AvgIpc) is 2.77. The Hall–Kier alpha value is -1.12. The first-order valence-electron chi connectivity index (χ1n) is 6.76. The molecule has 21 heavy (non-hydrogen) atoms. The van der Waals surface area contributed by atoms with Gasteiger partial charge in [-0.3, -0.25) is 0 Å². The number of benzene rings is 1. The molecular formula is C13H19NO5S2. The molecule has 0 aromatic heterocycles. The molecule has 1 saturated heterocycles. The molecule has 0 bridgehead atoms. The molecule has 1 N–H and O–H groups in total. The molecule has 1 aliphatic heterocycles. The summed E-state index contributed by atoms with van der Waals surface area (Å²) in [4.78, 5) is 0.0766. The molecule has 1 aliphatic rings. The zero-order chi connectivity index (χ0) is 15.5. The van der Waals surface area contributed by atoms with Crippen molar-refractivity contribution in [3.05, 3.63) is 24.3 Å². The van der Waals surface area contributed by atoms with E-state index in [0.29, 0.717) is 18.8 Å². The van der Waals surface area contributed by atoms with Gasteiger partial charge in [0.15, 0.2) is 9.84 Å². The van der Waals surface area contributed by atoms with Crippen LogP contribution in [0.5, 0.6) is 5.75 Å². The highest BCUT2D eigenvalue weighted by Crippen LogP contribution is 2.24. The van der Waals surface area contributed by atoms with E-state index >= 15 is 0 Å². The average molecular weight is 333 g/mol. The van der Waals surface area contributed by atoms with Crippen molar-refractivity contribution < 1.29 is 21.6 Å². The van der Waals surface area contributed by atoms with E-state index in [-0.39, 0.29) is 28.9 Å². The molecule has 0 spiro atoms. The topological polar surface area (TPSA) is 89.5 Å². The standard InChI is InChI=1S/C13H19NO5S2/c1-2-19-12-5-3-4-6-13(12)21(17,18)14-9-11-7-8-20(15,16)10-11/h3-6,11,14H,2,7-10H2,1H3/t11-/m0/s1. The summed E-state index contributed by atoms with van der Waals surface area (Å²) in [7, 11) is -6.71. The number of sulfone groups is 1. The van der Waals surface area contributed by atoms with E-state index in [1.807, 2.05) is 0 Å². The molecule has 2 rings (SSSR count). The normalized spacial score (nSPS) is 21.3. The van der Waals surface area contributed by atoms with Gasteiger partial charge in [0.05, 0.1) is 18.1 Å². The first-order valence-corrected chi connectivity index (χ1v) is 10.1. The van der Waals surface area contributed by atoms with Crippen LogP contribution in [0.25, 0.3) is 0 Å². The third-order valence-corrected chi connectivity index (χ3v) is 6.63. The van der Waals surface area contributed by atoms with E-state index in [0.717, 1.165) is 0 Å². The monoisotopic (exact) mass is 333 g/mol. The van der Waals surface area contributed by atoms with Crippen molar-refractivity contribution >= 4 is 19.9 Å². The van der Waals surface area contributed by atoms with Crippen molar-refractivity contribution in [1.29, 1.82) is 0 Å². The minimum atomic E-state index is -3.71. The molecule has 1 atom stereocenters. The summed E-state index contributed by atoms with van der Waals surface area (Å²) in [5.41, 5.74) is 0. The molecule has 118 valence electrons. The van der Waals surface area contributed by atoms with Gasteiger partial charge in [0.25, 0.3) is 0 Å². The van der Waals surface area contributed by atoms with Gasteiger partial charge in [0, 0.05) is 6.54 Å². The number of rotatable bonds is 6. The zero-order valence-electron chi connectivity index (χ0n) is 11.8. The predicted molar refractivity (Wildman–Crippen MR) is 79.6 cm³/mol. The molecule has 1 aromatic rings. The Labute approximate surface area is 125 Å². The number of ether oxygens (including phenoxy) is 1. The summed E-state index contributed by atoms with van der Waals surface area (Å²) in [6, 6.07) is 6.39. The Morgan fingerprint density at radius 1 is 1.33 bits per heavy atom. The van der Waals surface area contributed by atoms with Gasteiger partial charge in [-0.15, -0.1) is 0 Å². The van der Waals surface area contributed by atoms with Gasteiger partial charge in [-0.25, -0.2) is 21.6 Å². The van der Waals surface area contributed by atoms with Crippen LogP contribution in [0, 0.1) is 5.92 Å². The van der Waals surface area contributed by atoms with E-state index in [9.17, 15) is 16.8 Å². The summed E-state index contributed by atoms with van der Waals surface area (Å²) in [6.45, 7) is 2.27. The molecule has 1 heterocycles. The Balaban J connectivity index is 2.09. The van der Waals surface area contributed by atoms with E-state index < -0.39 is 19.9 Å². The first-order chi connectivity index (χ1) is 9.84. The van der Waals surface area contributed by atoms with Crippen LogP contribution in [-0.4, -0.2) is 41.5 Å². The van der Waals surface area contributed by atoms with Crippen molar-refractivity contribution in [2.24, 2.45) is 5.92 Å². The fourth-order valence-electron chi connectivity index (χ4n) is 2.29. The Kier molecular flexibility index (Phi) is 4.90. The highest BCUT2D eigenvalue weighted by Gasteiger charge is 2.29. The van der Waals surface area contributed by atoms with E-state index in [2.05, 4.69) is 4.72 Å². The molecule has 0 amide bonds. The second kappa shape index (κ2) is 6.33. The van der Waals surface area contributed by atoms with Gasteiger partial charge in [0.1, 0.15) is 10.6 Å². The quantitative estimate of drug-likeness (QED) is 0.831. The fraction of sp³-hybridized carbons (Fsp3) is 0.538. The summed E-state index contributed by atoms with van der Waals surface area (Å²) < 4.78 is 55.2. The third-order valence-electron chi connectivity index (χ3n) is 3.33. The highest BCUT2D eigenvalue weighted by molar-refractivity contribution is 7.91. The van der Waals surface area contributed by atoms with Crippen molar-refractivity contribution in [1.82, 2.24) is 4.72 Å². The van der Waals surface area contributed by atoms with E-state index in [1.165, 1.54) is 6.07 Å². The highest BCUT2D eigenvalue weighted by atomic mass is 32.2. The molecule has 0 radical (unpaired) electrons. The predicted octanol–water partition coefficient (Wildman–Crippen LogP) is 0.798. The van der Waals surface area contributed by atoms with Crippen molar-refractivity contribution in [2.75, 3.05) is 24.7 Å². The largest absolute Gasteiger partial charge is 0.492 e. The Morgan fingerprint density at radius 2 is 2.05 bits per heavy atom.